The number of halogens is 1. The van der Waals surface area contributed by atoms with E-state index in [1.54, 1.807) is 0 Å². The number of hydrogen-bond acceptors (Lipinski definition) is 0. The van der Waals surface area contributed by atoms with E-state index in [-0.39, 0.29) is 24.0 Å². The largest absolute Gasteiger partial charge is 1.00 e. The molecule has 46 valence electrons. The Morgan fingerprint density at radius 2 is 2.25 bits per heavy atom. The van der Waals surface area contributed by atoms with Crippen LogP contribution in [-0.2, 0) is 7.05 Å². The van der Waals surface area contributed by atoms with Gasteiger partial charge in [0.25, 0.3) is 5.82 Å². The van der Waals surface area contributed by atoms with Crippen LogP contribution in [0.15, 0.2) is 12.4 Å². The lowest BCUT2D eigenvalue weighted by molar-refractivity contribution is -0.676. The minimum absolute atomic E-state index is 0. The SMILES string of the molecule is Cc1[nH]cc[n+]1C.[I-]. The second-order valence-electron chi connectivity index (χ2n) is 1.66. The van der Waals surface area contributed by atoms with Crippen LogP contribution in [-0.4, -0.2) is 4.98 Å². The van der Waals surface area contributed by atoms with Crippen LogP contribution in [0.1, 0.15) is 5.82 Å². The zero-order valence-electron chi connectivity index (χ0n) is 4.98. The molecule has 1 N–H and O–H groups in total. The molecular weight excluding hydrogens is 215 g/mol. The number of aromatic amines is 1. The molecular formula is C5H9IN2. The topological polar surface area (TPSA) is 19.7 Å². The van der Waals surface area contributed by atoms with Crippen molar-refractivity contribution in [2.24, 2.45) is 7.05 Å². The molecule has 0 bridgehead atoms. The Balaban J connectivity index is 0.000000490. The highest BCUT2D eigenvalue weighted by molar-refractivity contribution is 4.69. The monoisotopic (exact) mass is 224 g/mol. The van der Waals surface area contributed by atoms with Gasteiger partial charge in [-0.2, -0.15) is 0 Å². The van der Waals surface area contributed by atoms with Gasteiger partial charge in [0, 0.05) is 6.92 Å². The van der Waals surface area contributed by atoms with Gasteiger partial charge in [-0.25, -0.2) is 9.55 Å². The minimum Gasteiger partial charge on any atom is -1.00 e. The Kier molecular flexibility index (Phi) is 3.04. The molecule has 2 nitrogen and oxygen atoms in total. The lowest BCUT2D eigenvalue weighted by atomic mass is 10.7. The first-order valence-electron chi connectivity index (χ1n) is 2.30. The molecule has 0 aromatic carbocycles. The van der Waals surface area contributed by atoms with Gasteiger partial charge < -0.3 is 24.0 Å². The molecule has 0 unspecified atom stereocenters. The zero-order chi connectivity index (χ0) is 5.28. The van der Waals surface area contributed by atoms with E-state index in [9.17, 15) is 0 Å². The Morgan fingerprint density at radius 1 is 1.62 bits per heavy atom. The van der Waals surface area contributed by atoms with Crippen LogP contribution < -0.4 is 28.5 Å². The van der Waals surface area contributed by atoms with Crippen molar-refractivity contribution in [2.45, 2.75) is 6.92 Å². The summed E-state index contributed by atoms with van der Waals surface area (Å²) in [6.07, 6.45) is 3.89. The molecule has 0 aliphatic rings. The molecule has 0 saturated carbocycles. The number of aryl methyl sites for hydroxylation is 2. The maximum absolute atomic E-state index is 3.03. The highest BCUT2D eigenvalue weighted by atomic mass is 127. The summed E-state index contributed by atoms with van der Waals surface area (Å²) in [7, 11) is 2.01. The summed E-state index contributed by atoms with van der Waals surface area (Å²) < 4.78 is 2.03. The lowest BCUT2D eigenvalue weighted by Gasteiger charge is -1.77. The minimum atomic E-state index is 0. The van der Waals surface area contributed by atoms with E-state index in [2.05, 4.69) is 4.98 Å². The normalized spacial score (nSPS) is 8.25. The van der Waals surface area contributed by atoms with E-state index >= 15 is 0 Å². The van der Waals surface area contributed by atoms with Crippen molar-refractivity contribution in [1.29, 1.82) is 0 Å². The third kappa shape index (κ3) is 1.47. The predicted octanol–water partition coefficient (Wildman–Crippen LogP) is -2.85. The number of nitrogens with zero attached hydrogens (tertiary/aromatic N) is 1. The molecule has 0 fully saturated rings. The standard InChI is InChI=1S/C5H8N2.HI/c1-5-6-3-4-7(5)2;/h3-4H,1-2H3;1H. The molecule has 1 aromatic rings. The van der Waals surface area contributed by atoms with E-state index in [1.165, 1.54) is 5.82 Å². The van der Waals surface area contributed by atoms with Crippen LogP contribution in [0.25, 0.3) is 0 Å². The molecule has 8 heavy (non-hydrogen) atoms. The second-order valence-corrected chi connectivity index (χ2v) is 1.66. The van der Waals surface area contributed by atoms with Gasteiger partial charge in [0.2, 0.25) is 0 Å². The van der Waals surface area contributed by atoms with Crippen LogP contribution in [0.2, 0.25) is 0 Å². The maximum Gasteiger partial charge on any atom is 0.250 e. The number of aromatic nitrogens is 2. The van der Waals surface area contributed by atoms with E-state index in [0.717, 1.165) is 0 Å². The Hall–Kier alpha value is -0.0600. The fraction of sp³-hybridized carbons (Fsp3) is 0.400. The molecule has 3 heteroatoms. The summed E-state index contributed by atoms with van der Waals surface area (Å²) >= 11 is 0. The molecule has 1 rings (SSSR count). The van der Waals surface area contributed by atoms with Crippen molar-refractivity contribution in [3.63, 3.8) is 0 Å². The average Bonchev–Trinajstić information content (AvgIpc) is 1.91. The van der Waals surface area contributed by atoms with Gasteiger partial charge in [-0.1, -0.05) is 0 Å². The van der Waals surface area contributed by atoms with Gasteiger partial charge in [-0.3, -0.25) is 0 Å². The van der Waals surface area contributed by atoms with E-state index in [0.29, 0.717) is 0 Å². The molecule has 0 atom stereocenters. The molecule has 0 amide bonds. The Bertz CT molecular complexity index is 143. The smallest absolute Gasteiger partial charge is 0.250 e. The lowest BCUT2D eigenvalue weighted by Crippen LogP contribution is -3.00. The number of nitrogens with one attached hydrogen (secondary N) is 1. The van der Waals surface area contributed by atoms with Crippen molar-refractivity contribution in [1.82, 2.24) is 4.98 Å². The Labute approximate surface area is 65.9 Å². The van der Waals surface area contributed by atoms with E-state index < -0.39 is 0 Å². The van der Waals surface area contributed by atoms with Crippen LogP contribution in [0, 0.1) is 6.92 Å². The highest BCUT2D eigenvalue weighted by Gasteiger charge is 1.93. The molecule has 0 radical (unpaired) electrons. The molecule has 0 aliphatic heterocycles. The van der Waals surface area contributed by atoms with Crippen molar-refractivity contribution in [2.75, 3.05) is 0 Å². The number of rotatable bonds is 0. The molecule has 0 spiro atoms. The Morgan fingerprint density at radius 3 is 2.38 bits per heavy atom. The summed E-state index contributed by atoms with van der Waals surface area (Å²) in [6, 6.07) is 0. The molecule has 0 aliphatic carbocycles. The zero-order valence-corrected chi connectivity index (χ0v) is 7.14. The first-order valence-corrected chi connectivity index (χ1v) is 2.30. The van der Waals surface area contributed by atoms with Crippen molar-refractivity contribution >= 4 is 0 Å². The van der Waals surface area contributed by atoms with Crippen LogP contribution in [0.3, 0.4) is 0 Å². The van der Waals surface area contributed by atoms with Crippen molar-refractivity contribution < 1.29 is 28.5 Å². The third-order valence-corrected chi connectivity index (χ3v) is 1.12. The average molecular weight is 224 g/mol. The predicted molar refractivity (Wildman–Crippen MR) is 26.7 cm³/mol. The van der Waals surface area contributed by atoms with E-state index in [4.69, 9.17) is 0 Å². The molecule has 0 saturated heterocycles. The number of imidazole rings is 1. The van der Waals surface area contributed by atoms with Gasteiger partial charge in [-0.05, 0) is 0 Å². The summed E-state index contributed by atoms with van der Waals surface area (Å²) in [6.45, 7) is 2.03. The van der Waals surface area contributed by atoms with E-state index in [1.807, 2.05) is 30.9 Å². The van der Waals surface area contributed by atoms with Gasteiger partial charge in [0.15, 0.2) is 0 Å². The molecule has 1 aromatic heterocycles. The van der Waals surface area contributed by atoms with Gasteiger partial charge in [0.1, 0.15) is 12.4 Å². The maximum atomic E-state index is 3.03. The summed E-state index contributed by atoms with van der Waals surface area (Å²) in [5.74, 6) is 1.18. The summed E-state index contributed by atoms with van der Waals surface area (Å²) in [5.41, 5.74) is 0. The number of H-pyrrole nitrogens is 1. The summed E-state index contributed by atoms with van der Waals surface area (Å²) in [4.78, 5) is 3.03. The third-order valence-electron chi connectivity index (χ3n) is 1.12. The van der Waals surface area contributed by atoms with Gasteiger partial charge >= 0.3 is 0 Å². The first kappa shape index (κ1) is 7.94. The second kappa shape index (κ2) is 3.06. The van der Waals surface area contributed by atoms with Gasteiger partial charge in [-0.15, -0.1) is 0 Å². The van der Waals surface area contributed by atoms with Gasteiger partial charge in [0.05, 0.1) is 7.05 Å². The van der Waals surface area contributed by atoms with Crippen LogP contribution >= 0.6 is 0 Å². The van der Waals surface area contributed by atoms with Crippen LogP contribution in [0.5, 0.6) is 0 Å². The summed E-state index contributed by atoms with van der Waals surface area (Å²) in [5, 5.41) is 0. The fourth-order valence-corrected chi connectivity index (χ4v) is 0.483. The van der Waals surface area contributed by atoms with Crippen molar-refractivity contribution in [3.05, 3.63) is 18.2 Å². The highest BCUT2D eigenvalue weighted by Crippen LogP contribution is 1.75. The quantitative estimate of drug-likeness (QED) is 0.361. The van der Waals surface area contributed by atoms with Crippen molar-refractivity contribution in [3.8, 4) is 0 Å². The van der Waals surface area contributed by atoms with Crippen LogP contribution in [0.4, 0.5) is 0 Å². The number of hydrogen-bond donors (Lipinski definition) is 1. The fourth-order valence-electron chi connectivity index (χ4n) is 0.483. The molecule has 1 heterocycles. The first-order chi connectivity index (χ1) is 3.30.